The predicted molar refractivity (Wildman–Crippen MR) is 151 cm³/mol. The minimum Gasteiger partial charge on any atom is -0.408 e. The second kappa shape index (κ2) is 12.8. The van der Waals surface area contributed by atoms with Crippen LogP contribution in [-0.4, -0.2) is 66.3 Å². The van der Waals surface area contributed by atoms with Crippen molar-refractivity contribution >= 4 is 38.8 Å². The Labute approximate surface area is 233 Å². The molecule has 1 aliphatic rings. The van der Waals surface area contributed by atoms with Crippen LogP contribution in [0.15, 0.2) is 54.9 Å². The molecule has 2 aromatic heterocycles. The Morgan fingerprint density at radius 1 is 1.12 bits per heavy atom. The van der Waals surface area contributed by atoms with Gasteiger partial charge in [0.15, 0.2) is 37.7 Å². The predicted octanol–water partition coefficient (Wildman–Crippen LogP) is 5.70. The van der Waals surface area contributed by atoms with Crippen LogP contribution < -0.4 is 5.32 Å². The highest BCUT2D eigenvalue weighted by Gasteiger charge is 2.49. The van der Waals surface area contributed by atoms with Gasteiger partial charge in [0.25, 0.3) is 5.91 Å². The van der Waals surface area contributed by atoms with Crippen molar-refractivity contribution in [3.8, 4) is 0 Å². The molecule has 11 nitrogen and oxygen atoms in total. The van der Waals surface area contributed by atoms with E-state index in [-0.39, 0.29) is 22.9 Å². The first-order chi connectivity index (χ1) is 19.2. The summed E-state index contributed by atoms with van der Waals surface area (Å²) in [5, 5.41) is 2.75. The third-order valence-electron chi connectivity index (χ3n) is 7.39. The van der Waals surface area contributed by atoms with E-state index in [1.54, 1.807) is 24.3 Å². The maximum absolute atomic E-state index is 16.3. The molecule has 0 aliphatic carbocycles. The van der Waals surface area contributed by atoms with Crippen LogP contribution in [0.1, 0.15) is 37.4 Å². The quantitative estimate of drug-likeness (QED) is 0.208. The first kappa shape index (κ1) is 30.2. The number of nitrogens with one attached hydrogen (secondary N) is 1. The summed E-state index contributed by atoms with van der Waals surface area (Å²) in [6.07, 6.45) is -0.463. The van der Waals surface area contributed by atoms with Crippen LogP contribution >= 0.6 is 7.60 Å². The fourth-order valence-corrected chi connectivity index (χ4v) is 8.35. The molecule has 1 fully saturated rings. The number of rotatable bonds is 12. The number of carbonyl (C=O) groups excluding carboxylic acids is 1. The van der Waals surface area contributed by atoms with Crippen LogP contribution in [0.25, 0.3) is 11.2 Å². The lowest BCUT2D eigenvalue weighted by atomic mass is 10.1. The fourth-order valence-electron chi connectivity index (χ4n) is 4.74. The monoisotopic (exact) mass is 591 g/mol. The van der Waals surface area contributed by atoms with Crippen molar-refractivity contribution in [1.29, 1.82) is 0 Å². The second-order valence-electron chi connectivity index (χ2n) is 9.37. The molecule has 1 N–H and O–H groups in total. The van der Waals surface area contributed by atoms with Crippen molar-refractivity contribution in [2.24, 2.45) is 0 Å². The highest BCUT2D eigenvalue weighted by molar-refractivity contribution is 7.57. The molecule has 0 saturated carbocycles. The van der Waals surface area contributed by atoms with E-state index < -0.39 is 40.5 Å². The van der Waals surface area contributed by atoms with Crippen molar-refractivity contribution < 1.29 is 32.0 Å². The van der Waals surface area contributed by atoms with E-state index in [4.69, 9.17) is 18.2 Å². The number of alkyl halides is 1. The zero-order valence-electron chi connectivity index (χ0n) is 23.2. The number of nitrogens with zero attached hydrogens (tertiary/aromatic N) is 4. The summed E-state index contributed by atoms with van der Waals surface area (Å²) in [5.41, 5.74) is 1.01. The molecule has 3 aromatic rings. The lowest BCUT2D eigenvalue weighted by molar-refractivity contribution is -0.00135. The average Bonchev–Trinajstić information content (AvgIpc) is 3.56. The first-order valence-corrected chi connectivity index (χ1v) is 17.3. The third-order valence-corrected chi connectivity index (χ3v) is 13.6. The molecule has 1 saturated heterocycles. The van der Waals surface area contributed by atoms with Gasteiger partial charge in [0, 0.05) is 25.6 Å². The van der Waals surface area contributed by atoms with Gasteiger partial charge >= 0.3 is 7.60 Å². The Balaban J connectivity index is 1.68. The number of hydrogen-bond donors (Lipinski definition) is 1. The van der Waals surface area contributed by atoms with Gasteiger partial charge in [-0.3, -0.25) is 13.9 Å². The van der Waals surface area contributed by atoms with E-state index in [1.807, 2.05) is 6.07 Å². The van der Waals surface area contributed by atoms with Gasteiger partial charge in [-0.05, 0) is 36.3 Å². The number of amides is 1. The zero-order chi connectivity index (χ0) is 28.9. The number of benzene rings is 1. The molecule has 1 aromatic carbocycles. The Bertz CT molecular complexity index is 1370. The molecule has 40 heavy (non-hydrogen) atoms. The van der Waals surface area contributed by atoms with Gasteiger partial charge in [0.1, 0.15) is 18.5 Å². The topological polar surface area (TPSA) is 127 Å². The Morgan fingerprint density at radius 2 is 1.80 bits per heavy atom. The SMILES string of the molecule is CC[Si](CC)(CC)OC1C(C=CP(=O)(OC)OC)OC(n2cnc3c(NC(=O)c4ccccc4)ncnc32)C1F. The van der Waals surface area contributed by atoms with Crippen LogP contribution in [0.2, 0.25) is 18.1 Å². The van der Waals surface area contributed by atoms with E-state index in [1.165, 1.54) is 43.3 Å². The number of hydrogen-bond acceptors (Lipinski definition) is 9. The van der Waals surface area contributed by atoms with E-state index >= 15 is 4.39 Å². The molecule has 1 amide bonds. The largest absolute Gasteiger partial charge is 0.408 e. The van der Waals surface area contributed by atoms with Gasteiger partial charge in [0.05, 0.1) is 6.33 Å². The molecule has 4 rings (SSSR count). The maximum atomic E-state index is 16.3. The molecular formula is C26H35FN5O6PSi. The smallest absolute Gasteiger partial charge is 0.353 e. The van der Waals surface area contributed by atoms with Gasteiger partial charge in [-0.1, -0.05) is 39.0 Å². The minimum atomic E-state index is -3.52. The third kappa shape index (κ3) is 6.09. The van der Waals surface area contributed by atoms with Crippen LogP contribution in [0.4, 0.5) is 10.2 Å². The number of ether oxygens (including phenoxy) is 1. The molecule has 4 atom stereocenters. The van der Waals surface area contributed by atoms with Gasteiger partial charge in [0.2, 0.25) is 0 Å². The molecular weight excluding hydrogens is 556 g/mol. The summed E-state index contributed by atoms with van der Waals surface area (Å²) in [6.45, 7) is 6.17. The second-order valence-corrected chi connectivity index (χ2v) is 16.2. The molecule has 3 heterocycles. The van der Waals surface area contributed by atoms with Crippen molar-refractivity contribution in [2.75, 3.05) is 19.5 Å². The summed E-state index contributed by atoms with van der Waals surface area (Å²) in [6, 6.07) is 11.1. The normalized spacial score (nSPS) is 21.9. The lowest BCUT2D eigenvalue weighted by Gasteiger charge is -2.33. The number of halogens is 1. The van der Waals surface area contributed by atoms with Crippen LogP contribution in [-0.2, 0) is 22.8 Å². The van der Waals surface area contributed by atoms with Crippen LogP contribution in [0.5, 0.6) is 0 Å². The van der Waals surface area contributed by atoms with E-state index in [0.29, 0.717) is 5.56 Å². The Hall–Kier alpha value is -2.80. The summed E-state index contributed by atoms with van der Waals surface area (Å²) >= 11 is 0. The number of aromatic nitrogens is 4. The van der Waals surface area contributed by atoms with Gasteiger partial charge in [-0.15, -0.1) is 0 Å². The highest BCUT2D eigenvalue weighted by Crippen LogP contribution is 2.49. The first-order valence-electron chi connectivity index (χ1n) is 13.2. The summed E-state index contributed by atoms with van der Waals surface area (Å²) in [5.74, 6) is 1.09. The van der Waals surface area contributed by atoms with Gasteiger partial charge < -0.3 is 23.5 Å². The summed E-state index contributed by atoms with van der Waals surface area (Å²) < 4.78 is 53.2. The average molecular weight is 592 g/mol. The molecule has 0 radical (unpaired) electrons. The molecule has 0 bridgehead atoms. The highest BCUT2D eigenvalue weighted by atomic mass is 31.2. The van der Waals surface area contributed by atoms with E-state index in [9.17, 15) is 9.36 Å². The Morgan fingerprint density at radius 3 is 2.42 bits per heavy atom. The molecule has 0 spiro atoms. The lowest BCUT2D eigenvalue weighted by Crippen LogP contribution is -2.45. The van der Waals surface area contributed by atoms with Crippen molar-refractivity contribution in [1.82, 2.24) is 19.5 Å². The van der Waals surface area contributed by atoms with E-state index in [0.717, 1.165) is 18.1 Å². The number of anilines is 1. The fraction of sp³-hybridized carbons (Fsp3) is 0.462. The standard InChI is InChI=1S/C26H35FN5O6PSi/c1-6-40(7-2,8-3)38-22-19(14-15-39(34,35-4)36-5)37-26(20(22)27)32-17-30-21-23(28-16-29-24(21)32)31-25(33)18-12-10-9-11-13-18/h9-17,19-20,22,26H,6-8H2,1-5H3,(H,28,29,31,33). The molecule has 1 aliphatic heterocycles. The Kier molecular flexibility index (Phi) is 9.65. The number of fused-ring (bicyclic) bond motifs is 1. The van der Waals surface area contributed by atoms with Gasteiger partial charge in [-0.2, -0.15) is 0 Å². The van der Waals surface area contributed by atoms with Crippen molar-refractivity contribution in [3.05, 3.63) is 60.4 Å². The summed E-state index contributed by atoms with van der Waals surface area (Å²) in [7, 11) is -3.25. The van der Waals surface area contributed by atoms with Crippen molar-refractivity contribution in [3.63, 3.8) is 0 Å². The number of carbonyl (C=O) groups is 1. The van der Waals surface area contributed by atoms with Gasteiger partial charge in [-0.25, -0.2) is 19.3 Å². The molecule has 14 heteroatoms. The van der Waals surface area contributed by atoms with E-state index in [2.05, 4.69) is 41.0 Å². The number of imidazole rings is 1. The van der Waals surface area contributed by atoms with Crippen LogP contribution in [0.3, 0.4) is 0 Å². The zero-order valence-corrected chi connectivity index (χ0v) is 25.1. The molecule has 216 valence electrons. The summed E-state index contributed by atoms with van der Waals surface area (Å²) in [4.78, 5) is 25.6. The van der Waals surface area contributed by atoms with Crippen molar-refractivity contribution in [2.45, 2.75) is 63.5 Å². The maximum Gasteiger partial charge on any atom is 0.353 e. The minimum absolute atomic E-state index is 0.186. The van der Waals surface area contributed by atoms with Crippen LogP contribution in [0, 0.1) is 0 Å². The molecule has 4 unspecified atom stereocenters.